The van der Waals surface area contributed by atoms with E-state index in [2.05, 4.69) is 18.7 Å². The molecule has 2 heterocycles. The average molecular weight is 338 g/mol. The molecule has 0 unspecified atom stereocenters. The van der Waals surface area contributed by atoms with Gasteiger partial charge in [0.2, 0.25) is 11.8 Å². The van der Waals surface area contributed by atoms with E-state index >= 15 is 0 Å². The smallest absolute Gasteiger partial charge is 0.225 e. The van der Waals surface area contributed by atoms with Gasteiger partial charge in [0.05, 0.1) is 0 Å². The monoisotopic (exact) mass is 337 g/mol. The highest BCUT2D eigenvalue weighted by Gasteiger charge is 2.28. The van der Waals surface area contributed by atoms with Crippen LogP contribution < -0.4 is 0 Å². The molecule has 2 aliphatic rings. The predicted molar refractivity (Wildman–Crippen MR) is 96.6 cm³/mol. The Morgan fingerprint density at radius 1 is 0.875 bits per heavy atom. The van der Waals surface area contributed by atoms with E-state index in [1.54, 1.807) is 0 Å². The molecule has 2 fully saturated rings. The third kappa shape index (κ3) is 5.47. The average Bonchev–Trinajstić information content (AvgIpc) is 2.55. The number of carbonyl (C=O) groups excluding carboxylic acids is 2. The van der Waals surface area contributed by atoms with Crippen molar-refractivity contribution in [2.24, 2.45) is 17.8 Å². The Balaban J connectivity index is 1.70. The zero-order chi connectivity index (χ0) is 17.7. The summed E-state index contributed by atoms with van der Waals surface area (Å²) >= 11 is 0. The largest absolute Gasteiger partial charge is 0.342 e. The molecule has 0 atom stereocenters. The van der Waals surface area contributed by atoms with Gasteiger partial charge in [0.25, 0.3) is 0 Å². The van der Waals surface area contributed by atoms with Crippen molar-refractivity contribution in [3.8, 4) is 0 Å². The second-order valence-electron chi connectivity index (χ2n) is 8.20. The van der Waals surface area contributed by atoms with Crippen molar-refractivity contribution in [1.82, 2.24) is 14.7 Å². The van der Waals surface area contributed by atoms with Crippen molar-refractivity contribution in [1.29, 1.82) is 0 Å². The fourth-order valence-corrected chi connectivity index (χ4v) is 3.79. The molecular weight excluding hydrogens is 302 g/mol. The number of amides is 2. The molecule has 0 aromatic rings. The maximum Gasteiger partial charge on any atom is 0.225 e. The van der Waals surface area contributed by atoms with E-state index in [0.717, 1.165) is 58.7 Å². The maximum absolute atomic E-state index is 12.5. The molecular formula is C19H35N3O2. The Morgan fingerprint density at radius 2 is 1.46 bits per heavy atom. The molecule has 0 aliphatic carbocycles. The number of rotatable bonds is 5. The van der Waals surface area contributed by atoms with Crippen LogP contribution in [0.2, 0.25) is 0 Å². The molecule has 2 aliphatic heterocycles. The number of piperidine rings is 1. The molecule has 2 saturated heterocycles. The quantitative estimate of drug-likeness (QED) is 0.771. The van der Waals surface area contributed by atoms with Gasteiger partial charge in [0.1, 0.15) is 0 Å². The second kappa shape index (κ2) is 8.84. The molecule has 0 aromatic heterocycles. The van der Waals surface area contributed by atoms with Crippen LogP contribution in [0, 0.1) is 17.8 Å². The van der Waals surface area contributed by atoms with Crippen LogP contribution in [0.15, 0.2) is 0 Å². The van der Waals surface area contributed by atoms with Gasteiger partial charge in [-0.1, -0.05) is 27.7 Å². The van der Waals surface area contributed by atoms with Gasteiger partial charge in [-0.3, -0.25) is 14.5 Å². The minimum atomic E-state index is 0.0744. The maximum atomic E-state index is 12.5. The Morgan fingerprint density at radius 3 is 1.96 bits per heavy atom. The van der Waals surface area contributed by atoms with Gasteiger partial charge in [0, 0.05) is 58.2 Å². The summed E-state index contributed by atoms with van der Waals surface area (Å²) < 4.78 is 0. The van der Waals surface area contributed by atoms with Crippen molar-refractivity contribution in [3.63, 3.8) is 0 Å². The van der Waals surface area contributed by atoms with Crippen molar-refractivity contribution < 1.29 is 9.59 Å². The van der Waals surface area contributed by atoms with Gasteiger partial charge in [-0.25, -0.2) is 0 Å². The summed E-state index contributed by atoms with van der Waals surface area (Å²) in [5, 5.41) is 0. The van der Waals surface area contributed by atoms with E-state index in [1.165, 1.54) is 0 Å². The molecule has 0 bridgehead atoms. The topological polar surface area (TPSA) is 43.9 Å². The summed E-state index contributed by atoms with van der Waals surface area (Å²) in [6, 6.07) is 0. The highest BCUT2D eigenvalue weighted by molar-refractivity contribution is 5.78. The molecule has 24 heavy (non-hydrogen) atoms. The van der Waals surface area contributed by atoms with Crippen LogP contribution in [0.5, 0.6) is 0 Å². The van der Waals surface area contributed by atoms with Crippen molar-refractivity contribution in [2.75, 3.05) is 45.8 Å². The summed E-state index contributed by atoms with van der Waals surface area (Å²) in [5.41, 5.74) is 0. The first-order valence-corrected chi connectivity index (χ1v) is 9.65. The van der Waals surface area contributed by atoms with Crippen LogP contribution in [0.1, 0.15) is 47.0 Å². The van der Waals surface area contributed by atoms with Gasteiger partial charge in [-0.05, 0) is 24.7 Å². The van der Waals surface area contributed by atoms with Crippen molar-refractivity contribution >= 4 is 11.8 Å². The molecule has 0 spiro atoms. The first-order valence-electron chi connectivity index (χ1n) is 9.65. The summed E-state index contributed by atoms with van der Waals surface area (Å²) in [5.74, 6) is 1.77. The number of hydrogen-bond acceptors (Lipinski definition) is 3. The Hall–Kier alpha value is -1.10. The van der Waals surface area contributed by atoms with Gasteiger partial charge in [-0.2, -0.15) is 0 Å². The van der Waals surface area contributed by atoms with E-state index in [9.17, 15) is 9.59 Å². The molecule has 2 amide bonds. The lowest BCUT2D eigenvalue weighted by Crippen LogP contribution is -2.50. The normalized spacial score (nSPS) is 20.9. The summed E-state index contributed by atoms with van der Waals surface area (Å²) in [6.45, 7) is 14.9. The SMILES string of the molecule is CC(C)CN1CCN(C(=O)CC2CCN(C(=O)C(C)C)CC2)CC1. The Labute approximate surface area is 147 Å². The van der Waals surface area contributed by atoms with Crippen molar-refractivity contribution in [2.45, 2.75) is 47.0 Å². The van der Waals surface area contributed by atoms with Crippen LogP contribution in [-0.2, 0) is 9.59 Å². The number of carbonyl (C=O) groups is 2. The lowest BCUT2D eigenvalue weighted by atomic mass is 9.92. The Kier molecular flexibility index (Phi) is 7.08. The predicted octanol–water partition coefficient (Wildman–Crippen LogP) is 2.07. The standard InChI is InChI=1S/C19H35N3O2/c1-15(2)14-20-9-11-21(12-10-20)18(23)13-17-5-7-22(8-6-17)19(24)16(3)4/h15-17H,5-14H2,1-4H3. The third-order valence-corrected chi connectivity index (χ3v) is 5.23. The zero-order valence-electron chi connectivity index (χ0n) is 16.0. The highest BCUT2D eigenvalue weighted by atomic mass is 16.2. The van der Waals surface area contributed by atoms with Crippen LogP contribution >= 0.6 is 0 Å². The van der Waals surface area contributed by atoms with Gasteiger partial charge in [0.15, 0.2) is 0 Å². The van der Waals surface area contributed by atoms with Crippen LogP contribution in [0.3, 0.4) is 0 Å². The lowest BCUT2D eigenvalue weighted by molar-refractivity contribution is -0.136. The minimum Gasteiger partial charge on any atom is -0.342 e. The second-order valence-corrected chi connectivity index (χ2v) is 8.20. The molecule has 0 saturated carbocycles. The van der Waals surface area contributed by atoms with E-state index in [4.69, 9.17) is 0 Å². The fraction of sp³-hybridized carbons (Fsp3) is 0.895. The molecule has 0 N–H and O–H groups in total. The molecule has 5 heteroatoms. The van der Waals surface area contributed by atoms with Crippen LogP contribution in [-0.4, -0.2) is 72.3 Å². The van der Waals surface area contributed by atoms with E-state index in [0.29, 0.717) is 24.2 Å². The zero-order valence-corrected chi connectivity index (χ0v) is 16.0. The molecule has 5 nitrogen and oxygen atoms in total. The highest BCUT2D eigenvalue weighted by Crippen LogP contribution is 2.23. The summed E-state index contributed by atoms with van der Waals surface area (Å²) in [4.78, 5) is 31.0. The Bertz CT molecular complexity index is 420. The lowest BCUT2D eigenvalue weighted by Gasteiger charge is -2.37. The summed E-state index contributed by atoms with van der Waals surface area (Å²) in [7, 11) is 0. The van der Waals surface area contributed by atoms with Crippen molar-refractivity contribution in [3.05, 3.63) is 0 Å². The first-order chi connectivity index (χ1) is 11.4. The van der Waals surface area contributed by atoms with E-state index < -0.39 is 0 Å². The molecule has 0 aromatic carbocycles. The molecule has 138 valence electrons. The van der Waals surface area contributed by atoms with Gasteiger partial charge >= 0.3 is 0 Å². The number of nitrogens with zero attached hydrogens (tertiary/aromatic N) is 3. The van der Waals surface area contributed by atoms with E-state index in [-0.39, 0.29) is 11.8 Å². The minimum absolute atomic E-state index is 0.0744. The molecule has 0 radical (unpaired) electrons. The summed E-state index contributed by atoms with van der Waals surface area (Å²) in [6.07, 6.45) is 2.60. The van der Waals surface area contributed by atoms with Gasteiger partial charge < -0.3 is 9.80 Å². The fourth-order valence-electron chi connectivity index (χ4n) is 3.79. The van der Waals surface area contributed by atoms with Crippen LogP contribution in [0.25, 0.3) is 0 Å². The molecule has 2 rings (SSSR count). The number of hydrogen-bond donors (Lipinski definition) is 0. The third-order valence-electron chi connectivity index (χ3n) is 5.23. The first kappa shape index (κ1) is 19.2. The van der Waals surface area contributed by atoms with Gasteiger partial charge in [-0.15, -0.1) is 0 Å². The number of likely N-dealkylation sites (tertiary alicyclic amines) is 1. The van der Waals surface area contributed by atoms with Crippen LogP contribution in [0.4, 0.5) is 0 Å². The number of piperazine rings is 1. The van der Waals surface area contributed by atoms with E-state index in [1.807, 2.05) is 23.6 Å².